The Bertz CT molecular complexity index is 806. The lowest BCUT2D eigenvalue weighted by Crippen LogP contribution is -2.07. The van der Waals surface area contributed by atoms with Gasteiger partial charge in [-0.1, -0.05) is 45.2 Å². The smallest absolute Gasteiger partial charge is 0.336 e. The predicted octanol–water partition coefficient (Wildman–Crippen LogP) is 5.97. The summed E-state index contributed by atoms with van der Waals surface area (Å²) in [5.74, 6) is 0.892. The predicted molar refractivity (Wildman–Crippen MR) is 118 cm³/mol. The molecule has 5 heteroatoms. The molecular weight excluding hydrogens is 380 g/mol. The quantitative estimate of drug-likeness (QED) is 0.187. The summed E-state index contributed by atoms with van der Waals surface area (Å²) >= 11 is 0. The molecule has 0 saturated heterocycles. The Labute approximate surface area is 178 Å². The van der Waals surface area contributed by atoms with Crippen molar-refractivity contribution in [1.82, 2.24) is 0 Å². The van der Waals surface area contributed by atoms with Gasteiger partial charge in [0.1, 0.15) is 17.2 Å². The van der Waals surface area contributed by atoms with E-state index in [1.165, 1.54) is 12.5 Å². The lowest BCUT2D eigenvalue weighted by Gasteiger charge is -2.06. The molecule has 0 aliphatic heterocycles. The Balaban J connectivity index is 1.79. The number of ether oxygens (including phenoxy) is 3. The molecule has 0 fully saturated rings. The minimum Gasteiger partial charge on any atom is -0.494 e. The third kappa shape index (κ3) is 8.95. The first-order valence-electron chi connectivity index (χ1n) is 10.5. The van der Waals surface area contributed by atoms with E-state index in [2.05, 4.69) is 6.92 Å². The van der Waals surface area contributed by atoms with Gasteiger partial charge in [0, 0.05) is 12.5 Å². The van der Waals surface area contributed by atoms with E-state index in [1.54, 1.807) is 30.3 Å². The molecule has 0 amide bonds. The van der Waals surface area contributed by atoms with Gasteiger partial charge in [0.05, 0.1) is 6.61 Å². The molecule has 0 N–H and O–H groups in total. The molecule has 0 spiro atoms. The summed E-state index contributed by atoms with van der Waals surface area (Å²) in [6.45, 7) is 4.89. The number of esters is 2. The summed E-state index contributed by atoms with van der Waals surface area (Å²) in [6.07, 6.45) is 8.57. The van der Waals surface area contributed by atoms with Crippen LogP contribution in [-0.4, -0.2) is 18.5 Å². The lowest BCUT2D eigenvalue weighted by atomic mass is 10.2. The van der Waals surface area contributed by atoms with Crippen molar-refractivity contribution in [3.8, 4) is 17.2 Å². The van der Waals surface area contributed by atoms with Gasteiger partial charge < -0.3 is 14.2 Å². The summed E-state index contributed by atoms with van der Waals surface area (Å²) in [5.41, 5.74) is 0.877. The summed E-state index contributed by atoms with van der Waals surface area (Å²) in [7, 11) is 0. The van der Waals surface area contributed by atoms with Crippen molar-refractivity contribution in [2.24, 2.45) is 0 Å². The summed E-state index contributed by atoms with van der Waals surface area (Å²) < 4.78 is 16.2. The van der Waals surface area contributed by atoms with Crippen LogP contribution in [0.1, 0.15) is 57.9 Å². The van der Waals surface area contributed by atoms with Crippen LogP contribution in [0, 0.1) is 0 Å². The summed E-state index contributed by atoms with van der Waals surface area (Å²) in [5, 5.41) is 0. The zero-order valence-electron chi connectivity index (χ0n) is 17.8. The van der Waals surface area contributed by atoms with Crippen molar-refractivity contribution in [2.45, 2.75) is 52.4 Å². The van der Waals surface area contributed by atoms with Crippen LogP contribution in [0.3, 0.4) is 0 Å². The van der Waals surface area contributed by atoms with E-state index in [-0.39, 0.29) is 5.97 Å². The molecule has 2 rings (SSSR count). The zero-order valence-corrected chi connectivity index (χ0v) is 17.8. The normalized spacial score (nSPS) is 10.7. The Kier molecular flexibility index (Phi) is 10.2. The van der Waals surface area contributed by atoms with Gasteiger partial charge in [0.2, 0.25) is 0 Å². The maximum Gasteiger partial charge on any atom is 0.336 e. The van der Waals surface area contributed by atoms with Crippen LogP contribution in [0.4, 0.5) is 0 Å². The molecule has 0 aromatic heterocycles. The minimum absolute atomic E-state index is 0.262. The van der Waals surface area contributed by atoms with Gasteiger partial charge in [-0.2, -0.15) is 0 Å². The molecule has 0 bridgehead atoms. The Morgan fingerprint density at radius 3 is 2.00 bits per heavy atom. The van der Waals surface area contributed by atoms with Gasteiger partial charge >= 0.3 is 11.9 Å². The van der Waals surface area contributed by atoms with Crippen LogP contribution in [0.5, 0.6) is 17.2 Å². The average molecular weight is 411 g/mol. The topological polar surface area (TPSA) is 61.8 Å². The molecule has 30 heavy (non-hydrogen) atoms. The van der Waals surface area contributed by atoms with E-state index in [9.17, 15) is 9.59 Å². The second-order valence-electron chi connectivity index (χ2n) is 6.93. The van der Waals surface area contributed by atoms with Gasteiger partial charge in [-0.15, -0.1) is 0 Å². The fraction of sp³-hybridized carbons (Fsp3) is 0.360. The fourth-order valence-corrected chi connectivity index (χ4v) is 2.61. The monoisotopic (exact) mass is 410 g/mol. The molecule has 5 nitrogen and oxygen atoms in total. The average Bonchev–Trinajstić information content (AvgIpc) is 2.76. The van der Waals surface area contributed by atoms with Crippen LogP contribution in [0.2, 0.25) is 0 Å². The van der Waals surface area contributed by atoms with Gasteiger partial charge in [-0.3, -0.25) is 4.79 Å². The molecule has 0 atom stereocenters. The highest BCUT2D eigenvalue weighted by atomic mass is 16.5. The highest BCUT2D eigenvalue weighted by molar-refractivity contribution is 5.88. The van der Waals surface area contributed by atoms with E-state index >= 15 is 0 Å². The van der Waals surface area contributed by atoms with E-state index in [0.29, 0.717) is 24.5 Å². The molecule has 2 aromatic rings. The molecule has 160 valence electrons. The van der Waals surface area contributed by atoms with Crippen molar-refractivity contribution in [2.75, 3.05) is 6.61 Å². The van der Waals surface area contributed by atoms with Crippen molar-refractivity contribution in [3.63, 3.8) is 0 Å². The molecule has 0 heterocycles. The van der Waals surface area contributed by atoms with E-state index in [1.807, 2.05) is 31.2 Å². The third-order valence-corrected chi connectivity index (χ3v) is 4.32. The molecule has 2 aromatic carbocycles. The highest BCUT2D eigenvalue weighted by Crippen LogP contribution is 2.19. The number of hydrogen-bond acceptors (Lipinski definition) is 5. The second kappa shape index (κ2) is 13.2. The molecule has 0 aliphatic rings. The highest BCUT2D eigenvalue weighted by Gasteiger charge is 2.06. The van der Waals surface area contributed by atoms with Crippen LogP contribution in [0.15, 0.2) is 54.6 Å². The second-order valence-corrected chi connectivity index (χ2v) is 6.93. The van der Waals surface area contributed by atoms with Gasteiger partial charge in [0.15, 0.2) is 0 Å². The summed E-state index contributed by atoms with van der Waals surface area (Å²) in [6, 6.07) is 14.0. The number of carbonyl (C=O) groups excluding carboxylic acids is 2. The first kappa shape index (κ1) is 23.2. The molecule has 0 aliphatic carbocycles. The maximum atomic E-state index is 12.0. The fourth-order valence-electron chi connectivity index (χ4n) is 2.61. The number of hydrogen-bond donors (Lipinski definition) is 0. The lowest BCUT2D eigenvalue weighted by molar-refractivity contribution is -0.134. The number of unbranched alkanes of at least 4 members (excludes halogenated alkanes) is 3. The van der Waals surface area contributed by atoms with Crippen molar-refractivity contribution < 1.29 is 23.8 Å². The van der Waals surface area contributed by atoms with Gasteiger partial charge in [0.25, 0.3) is 0 Å². The third-order valence-electron chi connectivity index (χ3n) is 4.32. The molecule has 0 saturated carbocycles. The first-order chi connectivity index (χ1) is 14.6. The first-order valence-corrected chi connectivity index (χ1v) is 10.5. The number of carbonyl (C=O) groups is 2. The molecular formula is C25H30O5. The Morgan fingerprint density at radius 2 is 1.37 bits per heavy atom. The Morgan fingerprint density at radius 1 is 0.767 bits per heavy atom. The van der Waals surface area contributed by atoms with E-state index in [0.717, 1.165) is 37.0 Å². The minimum atomic E-state index is -0.484. The SMILES string of the molecule is CCCCCOc1ccc(C=CC(=O)Oc2ccc(OC(=O)CCCC)cc2)cc1. The van der Waals surface area contributed by atoms with Crippen LogP contribution in [0.25, 0.3) is 6.08 Å². The van der Waals surface area contributed by atoms with Crippen LogP contribution >= 0.6 is 0 Å². The maximum absolute atomic E-state index is 12.0. The molecule has 0 unspecified atom stereocenters. The number of benzene rings is 2. The van der Waals surface area contributed by atoms with Crippen LogP contribution < -0.4 is 14.2 Å². The van der Waals surface area contributed by atoms with E-state index < -0.39 is 5.97 Å². The van der Waals surface area contributed by atoms with Gasteiger partial charge in [-0.05, 0) is 60.9 Å². The van der Waals surface area contributed by atoms with Crippen molar-refractivity contribution in [1.29, 1.82) is 0 Å². The largest absolute Gasteiger partial charge is 0.494 e. The van der Waals surface area contributed by atoms with Crippen molar-refractivity contribution >= 4 is 18.0 Å². The van der Waals surface area contributed by atoms with Crippen LogP contribution in [-0.2, 0) is 9.59 Å². The van der Waals surface area contributed by atoms with Gasteiger partial charge in [-0.25, -0.2) is 4.79 Å². The summed E-state index contributed by atoms with van der Waals surface area (Å²) in [4.78, 5) is 23.6. The van der Waals surface area contributed by atoms with E-state index in [4.69, 9.17) is 14.2 Å². The standard InChI is InChI=1S/C25H30O5/c1-3-5-7-19-28-21-12-9-20(10-13-21)11-18-25(27)30-23-16-14-22(15-17-23)29-24(26)8-6-4-2/h9-18H,3-8,19H2,1-2H3. The zero-order chi connectivity index (χ0) is 21.6. The molecule has 0 radical (unpaired) electrons. The van der Waals surface area contributed by atoms with Crippen molar-refractivity contribution in [3.05, 3.63) is 60.2 Å². The number of rotatable bonds is 12. The Hall–Kier alpha value is -3.08.